The molecule has 118 valence electrons. The van der Waals surface area contributed by atoms with Gasteiger partial charge in [0.1, 0.15) is 0 Å². The minimum atomic E-state index is -1.03. The Morgan fingerprint density at radius 3 is 2.57 bits per heavy atom. The number of benzene rings is 1. The lowest BCUT2D eigenvalue weighted by Crippen LogP contribution is -2.46. The van der Waals surface area contributed by atoms with Gasteiger partial charge >= 0.3 is 0 Å². The van der Waals surface area contributed by atoms with Crippen LogP contribution in [0.25, 0.3) is 0 Å². The number of amides is 1. The highest BCUT2D eigenvalue weighted by molar-refractivity contribution is 9.10. The van der Waals surface area contributed by atoms with Gasteiger partial charge in [0.05, 0.1) is 5.56 Å². The molecule has 21 heavy (non-hydrogen) atoms. The lowest BCUT2D eigenvalue weighted by molar-refractivity contribution is 0.0946. The predicted molar refractivity (Wildman–Crippen MR) is 82.9 cm³/mol. The Morgan fingerprint density at radius 2 is 1.90 bits per heavy atom. The van der Waals surface area contributed by atoms with Crippen LogP contribution in [0.1, 0.15) is 10.4 Å². The van der Waals surface area contributed by atoms with E-state index in [1.165, 1.54) is 0 Å². The lowest BCUT2D eigenvalue weighted by atomic mass is 10.2. The van der Waals surface area contributed by atoms with Crippen LogP contribution in [-0.4, -0.2) is 50.1 Å². The summed E-state index contributed by atoms with van der Waals surface area (Å²) in [5.74, 6) is -2.42. The molecule has 0 atom stereocenters. The minimum absolute atomic E-state index is 0. The standard InChI is InChI=1S/C13H16BrF2N3O.ClH/c14-10-8-12(16)11(15)7-9(10)13(20)18-3-6-19-4-1-17-2-5-19;/h7-8,17H,1-6H2,(H,18,20);1H. The fourth-order valence-corrected chi connectivity index (χ4v) is 2.55. The van der Waals surface area contributed by atoms with Gasteiger partial charge in [-0.3, -0.25) is 9.69 Å². The summed E-state index contributed by atoms with van der Waals surface area (Å²) < 4.78 is 26.4. The Kier molecular flexibility index (Phi) is 7.51. The van der Waals surface area contributed by atoms with Gasteiger partial charge in [0, 0.05) is 43.7 Å². The van der Waals surface area contributed by atoms with Gasteiger partial charge in [-0.15, -0.1) is 12.4 Å². The molecule has 2 N–H and O–H groups in total. The van der Waals surface area contributed by atoms with Gasteiger partial charge in [0.15, 0.2) is 11.6 Å². The molecule has 1 aromatic carbocycles. The first-order valence-electron chi connectivity index (χ1n) is 6.44. The van der Waals surface area contributed by atoms with Gasteiger partial charge in [-0.25, -0.2) is 8.78 Å². The normalized spacial score (nSPS) is 15.4. The van der Waals surface area contributed by atoms with Gasteiger partial charge in [0.2, 0.25) is 0 Å². The van der Waals surface area contributed by atoms with Gasteiger partial charge in [-0.05, 0) is 28.1 Å². The molecule has 0 radical (unpaired) electrons. The Balaban J connectivity index is 0.00000220. The number of rotatable bonds is 4. The zero-order valence-corrected chi connectivity index (χ0v) is 13.7. The molecule has 0 spiro atoms. The van der Waals surface area contributed by atoms with Gasteiger partial charge in [-0.2, -0.15) is 0 Å². The molecular formula is C13H17BrClF2N3O. The van der Waals surface area contributed by atoms with Crippen LogP contribution in [0.2, 0.25) is 0 Å². The van der Waals surface area contributed by atoms with E-state index in [4.69, 9.17) is 0 Å². The maximum absolute atomic E-state index is 13.1. The van der Waals surface area contributed by atoms with Crippen molar-refractivity contribution in [3.63, 3.8) is 0 Å². The van der Waals surface area contributed by atoms with Crippen molar-refractivity contribution < 1.29 is 13.6 Å². The summed E-state index contributed by atoms with van der Waals surface area (Å²) in [6.07, 6.45) is 0. The lowest BCUT2D eigenvalue weighted by Gasteiger charge is -2.27. The molecule has 1 aromatic rings. The predicted octanol–water partition coefficient (Wildman–Crippen LogP) is 1.78. The Hall–Kier alpha value is -0.760. The summed E-state index contributed by atoms with van der Waals surface area (Å²) in [7, 11) is 0. The third-order valence-corrected chi connectivity index (χ3v) is 3.83. The molecule has 0 bridgehead atoms. The SMILES string of the molecule is Cl.O=C(NCCN1CCNCC1)c1cc(F)c(F)cc1Br. The number of carbonyl (C=O) groups is 1. The van der Waals surface area contributed by atoms with Gasteiger partial charge in [-0.1, -0.05) is 0 Å². The number of nitrogens with one attached hydrogen (secondary N) is 2. The highest BCUT2D eigenvalue weighted by Gasteiger charge is 2.15. The van der Waals surface area contributed by atoms with Crippen molar-refractivity contribution in [1.82, 2.24) is 15.5 Å². The van der Waals surface area contributed by atoms with Crippen molar-refractivity contribution in [2.24, 2.45) is 0 Å². The van der Waals surface area contributed by atoms with Crippen LogP contribution in [0.4, 0.5) is 8.78 Å². The van der Waals surface area contributed by atoms with Crippen LogP contribution >= 0.6 is 28.3 Å². The quantitative estimate of drug-likeness (QED) is 0.778. The first-order chi connectivity index (χ1) is 9.58. The summed E-state index contributed by atoms with van der Waals surface area (Å²) in [6, 6.07) is 1.86. The fraction of sp³-hybridized carbons (Fsp3) is 0.462. The van der Waals surface area contributed by atoms with E-state index in [0.29, 0.717) is 6.54 Å². The molecule has 8 heteroatoms. The number of carbonyl (C=O) groups excluding carboxylic acids is 1. The van der Waals surface area contributed by atoms with E-state index < -0.39 is 17.5 Å². The summed E-state index contributed by atoms with van der Waals surface area (Å²) >= 11 is 3.06. The highest BCUT2D eigenvalue weighted by atomic mass is 79.9. The van der Waals surface area contributed by atoms with Crippen molar-refractivity contribution in [3.05, 3.63) is 33.8 Å². The largest absolute Gasteiger partial charge is 0.351 e. The van der Waals surface area contributed by atoms with Crippen LogP contribution in [0.5, 0.6) is 0 Å². The van der Waals surface area contributed by atoms with Crippen LogP contribution in [-0.2, 0) is 0 Å². The Labute approximate surface area is 136 Å². The molecule has 4 nitrogen and oxygen atoms in total. The zero-order chi connectivity index (χ0) is 14.5. The number of nitrogens with zero attached hydrogens (tertiary/aromatic N) is 1. The number of halogens is 4. The second-order valence-corrected chi connectivity index (χ2v) is 5.45. The minimum Gasteiger partial charge on any atom is -0.351 e. The van der Waals surface area contributed by atoms with Crippen LogP contribution in [0.15, 0.2) is 16.6 Å². The molecule has 1 heterocycles. The van der Waals surface area contributed by atoms with E-state index in [0.717, 1.165) is 44.9 Å². The van der Waals surface area contributed by atoms with Crippen LogP contribution in [0.3, 0.4) is 0 Å². The fourth-order valence-electron chi connectivity index (χ4n) is 2.05. The first kappa shape index (κ1) is 18.3. The maximum Gasteiger partial charge on any atom is 0.252 e. The molecule has 0 aromatic heterocycles. The molecule has 2 rings (SSSR count). The van der Waals surface area contributed by atoms with Gasteiger partial charge < -0.3 is 10.6 Å². The van der Waals surface area contributed by atoms with E-state index in [1.54, 1.807) is 0 Å². The summed E-state index contributed by atoms with van der Waals surface area (Å²) in [5.41, 5.74) is 0.101. The third kappa shape index (κ3) is 5.18. The number of hydrogen-bond donors (Lipinski definition) is 2. The number of hydrogen-bond acceptors (Lipinski definition) is 3. The zero-order valence-electron chi connectivity index (χ0n) is 11.3. The molecule has 1 amide bonds. The van der Waals surface area contributed by atoms with Crippen LogP contribution < -0.4 is 10.6 Å². The van der Waals surface area contributed by atoms with E-state index >= 15 is 0 Å². The topological polar surface area (TPSA) is 44.4 Å². The number of piperazine rings is 1. The molecule has 0 aliphatic carbocycles. The average molecular weight is 385 g/mol. The van der Waals surface area contributed by atoms with E-state index in [2.05, 4.69) is 31.5 Å². The summed E-state index contributed by atoms with van der Waals surface area (Å²) in [6.45, 7) is 5.01. The van der Waals surface area contributed by atoms with Crippen molar-refractivity contribution in [2.75, 3.05) is 39.3 Å². The smallest absolute Gasteiger partial charge is 0.252 e. The van der Waals surface area contributed by atoms with E-state index in [-0.39, 0.29) is 22.4 Å². The molecule has 1 fully saturated rings. The van der Waals surface area contributed by atoms with Crippen LogP contribution in [0, 0.1) is 11.6 Å². The van der Waals surface area contributed by atoms with Crippen molar-refractivity contribution in [2.45, 2.75) is 0 Å². The molecule has 1 aliphatic rings. The maximum atomic E-state index is 13.1. The molecule has 0 saturated carbocycles. The first-order valence-corrected chi connectivity index (χ1v) is 7.23. The van der Waals surface area contributed by atoms with Crippen molar-refractivity contribution in [3.8, 4) is 0 Å². The highest BCUT2D eigenvalue weighted by Crippen LogP contribution is 2.20. The summed E-state index contributed by atoms with van der Waals surface area (Å²) in [5, 5.41) is 5.96. The molecular weight excluding hydrogens is 368 g/mol. The average Bonchev–Trinajstić information content (AvgIpc) is 2.44. The Bertz CT molecular complexity index is 499. The second-order valence-electron chi connectivity index (χ2n) is 4.59. The Morgan fingerprint density at radius 1 is 1.29 bits per heavy atom. The molecule has 0 unspecified atom stereocenters. The third-order valence-electron chi connectivity index (χ3n) is 3.18. The molecule has 1 saturated heterocycles. The van der Waals surface area contributed by atoms with E-state index in [1.807, 2.05) is 0 Å². The van der Waals surface area contributed by atoms with Gasteiger partial charge in [0.25, 0.3) is 5.91 Å². The monoisotopic (exact) mass is 383 g/mol. The van der Waals surface area contributed by atoms with E-state index in [9.17, 15) is 13.6 Å². The summed E-state index contributed by atoms with van der Waals surface area (Å²) in [4.78, 5) is 14.1. The molecule has 1 aliphatic heterocycles. The second kappa shape index (κ2) is 8.63. The van der Waals surface area contributed by atoms with Crippen molar-refractivity contribution >= 4 is 34.2 Å². The van der Waals surface area contributed by atoms with Crippen molar-refractivity contribution in [1.29, 1.82) is 0 Å².